The van der Waals surface area contributed by atoms with Crippen molar-refractivity contribution in [2.75, 3.05) is 4.90 Å². The zero-order valence-electron chi connectivity index (χ0n) is 18.2. The van der Waals surface area contributed by atoms with Gasteiger partial charge in [0.2, 0.25) is 0 Å². The third-order valence-corrected chi connectivity index (χ3v) is 5.69. The summed E-state index contributed by atoms with van der Waals surface area (Å²) in [6, 6.07) is 16.8. The van der Waals surface area contributed by atoms with Gasteiger partial charge in [0.25, 0.3) is 0 Å². The molecule has 1 aliphatic heterocycles. The lowest BCUT2D eigenvalue weighted by atomic mass is 9.99. The van der Waals surface area contributed by atoms with Crippen LogP contribution in [0.25, 0.3) is 11.3 Å². The molecule has 31 heavy (non-hydrogen) atoms. The molecule has 0 fully saturated rings. The number of fused-ring (bicyclic) bond motifs is 1. The standard InChI is InChI=1S/C28H29N3/c1-4-26(29)22-11-10-14-24(19-22)31-21(3)27(30-23-12-6-5-7-13-23)18-17-20(2)25-15-8-9-16-28(25)31/h4,6,8-19,30H,2,5,7,29H2,1,3H3/b18-17-,26-4-,27-21+. The first-order valence-electron chi connectivity index (χ1n) is 10.7. The Hall–Kier alpha value is -3.72. The average molecular weight is 408 g/mol. The lowest BCUT2D eigenvalue weighted by molar-refractivity contribution is 0.927. The van der Waals surface area contributed by atoms with Crippen molar-refractivity contribution in [2.45, 2.75) is 26.7 Å². The summed E-state index contributed by atoms with van der Waals surface area (Å²) in [5.74, 6) is 0. The van der Waals surface area contributed by atoms with Gasteiger partial charge in [0.15, 0.2) is 0 Å². The van der Waals surface area contributed by atoms with E-state index in [4.69, 9.17) is 5.73 Å². The summed E-state index contributed by atoms with van der Waals surface area (Å²) in [6.07, 6.45) is 14.9. The molecule has 0 bridgehead atoms. The van der Waals surface area contributed by atoms with Crippen molar-refractivity contribution in [3.05, 3.63) is 120 Å². The molecule has 0 radical (unpaired) electrons. The number of nitrogens with zero attached hydrogens (tertiary/aromatic N) is 1. The molecule has 2 aromatic rings. The van der Waals surface area contributed by atoms with Crippen LogP contribution in [0.5, 0.6) is 0 Å². The minimum Gasteiger partial charge on any atom is -0.399 e. The molecule has 2 aromatic carbocycles. The second-order valence-electron chi connectivity index (χ2n) is 7.77. The molecule has 3 N–H and O–H groups in total. The Morgan fingerprint density at radius 2 is 1.90 bits per heavy atom. The van der Waals surface area contributed by atoms with E-state index in [9.17, 15) is 0 Å². The largest absolute Gasteiger partial charge is 0.399 e. The summed E-state index contributed by atoms with van der Waals surface area (Å²) in [5.41, 5.74) is 15.5. The summed E-state index contributed by atoms with van der Waals surface area (Å²) in [4.78, 5) is 2.28. The van der Waals surface area contributed by atoms with Gasteiger partial charge in [-0.2, -0.15) is 0 Å². The Morgan fingerprint density at radius 1 is 1.06 bits per heavy atom. The summed E-state index contributed by atoms with van der Waals surface area (Å²) in [5, 5.41) is 3.62. The Bertz CT molecular complexity index is 1160. The zero-order valence-corrected chi connectivity index (χ0v) is 18.2. The van der Waals surface area contributed by atoms with Gasteiger partial charge in [0, 0.05) is 28.3 Å². The van der Waals surface area contributed by atoms with Crippen molar-refractivity contribution in [3.63, 3.8) is 0 Å². The number of hydrogen-bond donors (Lipinski definition) is 2. The van der Waals surface area contributed by atoms with Gasteiger partial charge in [-0.3, -0.25) is 0 Å². The molecule has 3 nitrogen and oxygen atoms in total. The second kappa shape index (κ2) is 8.97. The zero-order chi connectivity index (χ0) is 21.8. The highest BCUT2D eigenvalue weighted by atomic mass is 15.2. The van der Waals surface area contributed by atoms with Crippen molar-refractivity contribution in [3.8, 4) is 0 Å². The van der Waals surface area contributed by atoms with Crippen LogP contribution in [0.2, 0.25) is 0 Å². The minimum atomic E-state index is 0.768. The van der Waals surface area contributed by atoms with E-state index >= 15 is 0 Å². The number of nitrogens with one attached hydrogen (secondary N) is 1. The smallest absolute Gasteiger partial charge is 0.0583 e. The first-order chi connectivity index (χ1) is 15.1. The molecule has 2 aliphatic rings. The van der Waals surface area contributed by atoms with Crippen LogP contribution in [0.1, 0.15) is 37.8 Å². The van der Waals surface area contributed by atoms with Crippen LogP contribution in [0.3, 0.4) is 0 Å². The average Bonchev–Trinajstić information content (AvgIpc) is 2.81. The fraction of sp³-hybridized carbons (Fsp3) is 0.143. The number of hydrogen-bond acceptors (Lipinski definition) is 3. The van der Waals surface area contributed by atoms with E-state index in [-0.39, 0.29) is 0 Å². The molecule has 4 rings (SSSR count). The number of anilines is 2. The van der Waals surface area contributed by atoms with E-state index in [2.05, 4.69) is 96.6 Å². The molecule has 0 spiro atoms. The van der Waals surface area contributed by atoms with E-state index in [0.29, 0.717) is 0 Å². The quantitative estimate of drug-likeness (QED) is 0.587. The molecule has 3 heteroatoms. The number of benzene rings is 2. The molecular formula is C28H29N3. The van der Waals surface area contributed by atoms with Crippen molar-refractivity contribution >= 4 is 22.6 Å². The van der Waals surface area contributed by atoms with E-state index in [1.807, 2.05) is 19.1 Å². The molecule has 0 unspecified atom stereocenters. The van der Waals surface area contributed by atoms with E-state index in [1.54, 1.807) is 0 Å². The SMILES string of the molecule is C=C1/C=C\C(NC2=CCCC=C2)=C(\C)N(c2cccc(/C(N)=C/C)c2)c2ccccc21. The van der Waals surface area contributed by atoms with Crippen LogP contribution in [0.15, 0.2) is 109 Å². The summed E-state index contributed by atoms with van der Waals surface area (Å²) in [6.45, 7) is 8.44. The van der Waals surface area contributed by atoms with Crippen molar-refractivity contribution in [1.82, 2.24) is 5.32 Å². The maximum absolute atomic E-state index is 6.23. The maximum atomic E-state index is 6.23. The Kier molecular flexibility index (Phi) is 5.94. The maximum Gasteiger partial charge on any atom is 0.0583 e. The monoisotopic (exact) mass is 407 g/mol. The summed E-state index contributed by atoms with van der Waals surface area (Å²) in [7, 11) is 0. The third-order valence-electron chi connectivity index (χ3n) is 5.69. The first-order valence-corrected chi connectivity index (χ1v) is 10.7. The van der Waals surface area contributed by atoms with Crippen molar-refractivity contribution in [2.24, 2.45) is 5.73 Å². The Balaban J connectivity index is 1.90. The van der Waals surface area contributed by atoms with E-state index in [1.165, 1.54) is 0 Å². The molecule has 1 heterocycles. The second-order valence-corrected chi connectivity index (χ2v) is 7.77. The van der Waals surface area contributed by atoms with Gasteiger partial charge in [0.05, 0.1) is 11.4 Å². The molecule has 0 saturated carbocycles. The molecule has 156 valence electrons. The van der Waals surface area contributed by atoms with Crippen LogP contribution < -0.4 is 16.0 Å². The topological polar surface area (TPSA) is 41.3 Å². The van der Waals surface area contributed by atoms with Gasteiger partial charge in [-0.05, 0) is 68.2 Å². The minimum absolute atomic E-state index is 0.768. The van der Waals surface area contributed by atoms with Gasteiger partial charge in [0.1, 0.15) is 0 Å². The van der Waals surface area contributed by atoms with Crippen molar-refractivity contribution < 1.29 is 0 Å². The molecule has 1 aliphatic carbocycles. The fourth-order valence-electron chi connectivity index (χ4n) is 3.95. The number of para-hydroxylation sites is 1. The first kappa shape index (κ1) is 20.5. The highest BCUT2D eigenvalue weighted by molar-refractivity contribution is 5.87. The predicted octanol–water partition coefficient (Wildman–Crippen LogP) is 6.78. The number of rotatable bonds is 4. The molecule has 0 atom stereocenters. The van der Waals surface area contributed by atoms with Crippen LogP contribution >= 0.6 is 0 Å². The fourth-order valence-corrected chi connectivity index (χ4v) is 3.95. The highest BCUT2D eigenvalue weighted by Gasteiger charge is 2.21. The van der Waals surface area contributed by atoms with Gasteiger partial charge >= 0.3 is 0 Å². The molecule has 0 saturated heterocycles. The van der Waals surface area contributed by atoms with Gasteiger partial charge in [-0.25, -0.2) is 0 Å². The highest BCUT2D eigenvalue weighted by Crippen LogP contribution is 2.38. The molecule has 0 aromatic heterocycles. The number of allylic oxidation sites excluding steroid dienone is 8. The summed E-state index contributed by atoms with van der Waals surface area (Å²) < 4.78 is 0. The van der Waals surface area contributed by atoms with Gasteiger partial charge in [-0.1, -0.05) is 61.2 Å². The summed E-state index contributed by atoms with van der Waals surface area (Å²) >= 11 is 0. The van der Waals surface area contributed by atoms with Gasteiger partial charge < -0.3 is 16.0 Å². The number of nitrogens with two attached hydrogens (primary N) is 1. The third kappa shape index (κ3) is 4.26. The van der Waals surface area contributed by atoms with Gasteiger partial charge in [-0.15, -0.1) is 0 Å². The lowest BCUT2D eigenvalue weighted by Gasteiger charge is -2.32. The van der Waals surface area contributed by atoms with Crippen LogP contribution in [-0.4, -0.2) is 0 Å². The van der Waals surface area contributed by atoms with Crippen LogP contribution in [-0.2, 0) is 0 Å². The Labute approximate surface area is 185 Å². The molecular weight excluding hydrogens is 378 g/mol. The Morgan fingerprint density at radius 3 is 2.68 bits per heavy atom. The van der Waals surface area contributed by atoms with Crippen LogP contribution in [0.4, 0.5) is 11.4 Å². The lowest BCUT2D eigenvalue weighted by Crippen LogP contribution is -2.23. The van der Waals surface area contributed by atoms with E-state index in [0.717, 1.165) is 63.7 Å². The van der Waals surface area contributed by atoms with Crippen molar-refractivity contribution in [1.29, 1.82) is 0 Å². The van der Waals surface area contributed by atoms with E-state index < -0.39 is 0 Å². The molecule has 0 amide bonds. The van der Waals surface area contributed by atoms with Crippen LogP contribution in [0, 0.1) is 0 Å². The predicted molar refractivity (Wildman–Crippen MR) is 133 cm³/mol. The normalized spacial score (nSPS) is 19.9.